The van der Waals surface area contributed by atoms with Gasteiger partial charge in [0.15, 0.2) is 0 Å². The molecule has 0 aliphatic rings. The van der Waals surface area contributed by atoms with Crippen LogP contribution in [0.15, 0.2) is 83.7 Å². The normalized spacial score (nSPS) is 11.1. The molecule has 0 radical (unpaired) electrons. The van der Waals surface area contributed by atoms with Crippen LogP contribution in [-0.2, 0) is 25.8 Å². The lowest BCUT2D eigenvalue weighted by Crippen LogP contribution is -2.29. The summed E-state index contributed by atoms with van der Waals surface area (Å²) >= 11 is 6.56. The van der Waals surface area contributed by atoms with Crippen molar-refractivity contribution in [1.29, 1.82) is 0 Å². The average molecular weight is 525 g/mol. The first-order valence-electron chi connectivity index (χ1n) is 12.9. The molecule has 0 saturated carbocycles. The predicted molar refractivity (Wildman–Crippen MR) is 150 cm³/mol. The molecule has 1 N–H and O–H groups in total. The molecule has 0 unspecified atom stereocenters. The van der Waals surface area contributed by atoms with Crippen LogP contribution in [0.3, 0.4) is 0 Å². The van der Waals surface area contributed by atoms with Crippen molar-refractivity contribution in [1.82, 2.24) is 30.2 Å². The number of H-pyrrole nitrogens is 1. The van der Waals surface area contributed by atoms with Gasteiger partial charge >= 0.3 is 0 Å². The zero-order valence-corrected chi connectivity index (χ0v) is 22.0. The fourth-order valence-corrected chi connectivity index (χ4v) is 4.87. The van der Waals surface area contributed by atoms with Crippen LogP contribution >= 0.6 is 11.6 Å². The Bertz CT molecular complexity index is 1550. The van der Waals surface area contributed by atoms with Gasteiger partial charge in [-0.2, -0.15) is 5.21 Å². The van der Waals surface area contributed by atoms with Crippen molar-refractivity contribution in [2.75, 3.05) is 0 Å². The van der Waals surface area contributed by atoms with E-state index in [0.717, 1.165) is 47.3 Å². The number of nitrogens with one attached hydrogen (secondary N) is 1. The predicted octanol–water partition coefficient (Wildman–Crippen LogP) is 5.92. The maximum absolute atomic E-state index is 13.7. The summed E-state index contributed by atoms with van der Waals surface area (Å²) in [5.41, 5.74) is 5.64. The number of rotatable bonds is 10. The second kappa shape index (κ2) is 12.0. The lowest BCUT2D eigenvalue weighted by molar-refractivity contribution is 0.627. The molecule has 0 atom stereocenters. The van der Waals surface area contributed by atoms with Crippen LogP contribution in [0, 0.1) is 0 Å². The molecule has 192 valence electrons. The lowest BCUT2D eigenvalue weighted by atomic mass is 9.98. The number of unbranched alkanes of at least 4 members (excludes halogenated alkanes) is 1. The molecular formula is C30H29ClN6O. The van der Waals surface area contributed by atoms with Crippen LogP contribution in [0.1, 0.15) is 42.3 Å². The Balaban J connectivity index is 1.44. The van der Waals surface area contributed by atoms with E-state index in [1.54, 1.807) is 4.57 Å². The van der Waals surface area contributed by atoms with Crippen molar-refractivity contribution in [3.63, 3.8) is 0 Å². The van der Waals surface area contributed by atoms with Gasteiger partial charge in [-0.25, -0.2) is 4.98 Å². The van der Waals surface area contributed by atoms with Gasteiger partial charge < -0.3 is 0 Å². The maximum atomic E-state index is 13.7. The maximum Gasteiger partial charge on any atom is 0.258 e. The number of hydrogen-bond donors (Lipinski definition) is 1. The van der Waals surface area contributed by atoms with Crippen LogP contribution in [0.2, 0.25) is 5.15 Å². The lowest BCUT2D eigenvalue weighted by Gasteiger charge is -2.16. The second-order valence-electron chi connectivity index (χ2n) is 9.26. The Morgan fingerprint density at radius 1 is 0.842 bits per heavy atom. The van der Waals surface area contributed by atoms with Gasteiger partial charge in [0.2, 0.25) is 5.82 Å². The molecule has 0 spiro atoms. The number of aryl methyl sites for hydroxylation is 2. The van der Waals surface area contributed by atoms with E-state index >= 15 is 0 Å². The molecule has 0 aliphatic heterocycles. The van der Waals surface area contributed by atoms with Gasteiger partial charge in [-0.15, -0.1) is 10.2 Å². The van der Waals surface area contributed by atoms with Crippen molar-refractivity contribution < 1.29 is 0 Å². The van der Waals surface area contributed by atoms with Gasteiger partial charge in [-0.3, -0.25) is 9.36 Å². The molecule has 5 aromatic rings. The van der Waals surface area contributed by atoms with Crippen molar-refractivity contribution in [2.24, 2.45) is 0 Å². The number of nitrogens with zero attached hydrogens (tertiary/aromatic N) is 5. The summed E-state index contributed by atoms with van der Waals surface area (Å²) in [6.07, 6.45) is 3.95. The summed E-state index contributed by atoms with van der Waals surface area (Å²) in [6, 6.07) is 26.3. The molecule has 0 bridgehead atoms. The van der Waals surface area contributed by atoms with E-state index in [4.69, 9.17) is 16.6 Å². The third kappa shape index (κ3) is 5.73. The molecule has 0 saturated heterocycles. The van der Waals surface area contributed by atoms with E-state index in [1.807, 2.05) is 42.5 Å². The summed E-state index contributed by atoms with van der Waals surface area (Å²) in [5.74, 6) is 1.28. The van der Waals surface area contributed by atoms with E-state index in [1.165, 1.54) is 5.56 Å². The van der Waals surface area contributed by atoms with Crippen LogP contribution in [0.5, 0.6) is 0 Å². The third-order valence-electron chi connectivity index (χ3n) is 6.67. The quantitative estimate of drug-likeness (QED) is 0.229. The number of benzene rings is 3. The summed E-state index contributed by atoms with van der Waals surface area (Å²) in [7, 11) is 0. The minimum absolute atomic E-state index is 0.0569. The molecule has 3 aromatic carbocycles. The van der Waals surface area contributed by atoms with Crippen LogP contribution in [-0.4, -0.2) is 30.2 Å². The molecular weight excluding hydrogens is 496 g/mol. The first-order chi connectivity index (χ1) is 18.6. The van der Waals surface area contributed by atoms with E-state index in [2.05, 4.69) is 63.9 Å². The van der Waals surface area contributed by atoms with Gasteiger partial charge in [-0.05, 0) is 46.7 Å². The van der Waals surface area contributed by atoms with E-state index < -0.39 is 0 Å². The van der Waals surface area contributed by atoms with Gasteiger partial charge in [0.05, 0.1) is 12.1 Å². The molecule has 0 amide bonds. The molecule has 38 heavy (non-hydrogen) atoms. The Morgan fingerprint density at radius 2 is 1.58 bits per heavy atom. The first kappa shape index (κ1) is 25.5. The number of aromatic nitrogens is 6. The highest BCUT2D eigenvalue weighted by molar-refractivity contribution is 6.30. The first-order valence-corrected chi connectivity index (χ1v) is 13.3. The van der Waals surface area contributed by atoms with Gasteiger partial charge in [0, 0.05) is 12.0 Å². The Hall–Kier alpha value is -4.10. The number of aromatic amines is 1. The Labute approximate surface area is 226 Å². The molecule has 8 heteroatoms. The third-order valence-corrected chi connectivity index (χ3v) is 6.98. The molecule has 0 aliphatic carbocycles. The minimum atomic E-state index is -0.0569. The van der Waals surface area contributed by atoms with Crippen molar-refractivity contribution in [3.8, 4) is 22.5 Å². The van der Waals surface area contributed by atoms with Crippen LogP contribution in [0.25, 0.3) is 22.5 Å². The smallest absolute Gasteiger partial charge is 0.258 e. The van der Waals surface area contributed by atoms with E-state index in [9.17, 15) is 4.79 Å². The Kier molecular flexibility index (Phi) is 8.04. The molecule has 5 rings (SSSR count). The van der Waals surface area contributed by atoms with Gasteiger partial charge in [-0.1, -0.05) is 104 Å². The second-order valence-corrected chi connectivity index (χ2v) is 9.61. The van der Waals surface area contributed by atoms with Gasteiger partial charge in [0.25, 0.3) is 5.56 Å². The fraction of sp³-hybridized carbons (Fsp3) is 0.233. The topological polar surface area (TPSA) is 89.4 Å². The molecule has 2 aromatic heterocycles. The number of tetrazole rings is 1. The summed E-state index contributed by atoms with van der Waals surface area (Å²) in [6.45, 7) is 2.57. The van der Waals surface area contributed by atoms with Crippen LogP contribution in [0.4, 0.5) is 0 Å². The summed E-state index contributed by atoms with van der Waals surface area (Å²) < 4.78 is 1.80. The zero-order chi connectivity index (χ0) is 26.3. The van der Waals surface area contributed by atoms with Crippen molar-refractivity contribution in [2.45, 2.75) is 45.6 Å². The highest BCUT2D eigenvalue weighted by Crippen LogP contribution is 2.30. The standard InChI is InChI=1S/C30H29ClN6O/c1-2-3-13-27-32-28(31)26(19-16-21-9-5-4-6-10-21)30(38)37(27)20-22-14-17-23(18-15-22)24-11-7-8-12-25(24)29-33-35-36-34-29/h4-12,14-15,17-18H,2-3,13,16,19-20H2,1H3,(H,33,34,35,36). The zero-order valence-electron chi connectivity index (χ0n) is 21.3. The number of hydrogen-bond acceptors (Lipinski definition) is 5. The molecule has 7 nitrogen and oxygen atoms in total. The minimum Gasteiger partial charge on any atom is -0.292 e. The SMILES string of the molecule is CCCCc1nc(Cl)c(CCc2ccccc2)c(=O)n1Cc1ccc(-c2ccccc2-c2nn[nH]n2)cc1. The summed E-state index contributed by atoms with van der Waals surface area (Å²) in [5, 5.41) is 14.8. The fourth-order valence-electron chi connectivity index (χ4n) is 4.60. The highest BCUT2D eigenvalue weighted by Gasteiger charge is 2.16. The van der Waals surface area contributed by atoms with Crippen LogP contribution < -0.4 is 5.56 Å². The highest BCUT2D eigenvalue weighted by atomic mass is 35.5. The summed E-state index contributed by atoms with van der Waals surface area (Å²) in [4.78, 5) is 18.4. The van der Waals surface area contributed by atoms with Crippen molar-refractivity contribution in [3.05, 3.63) is 117 Å². The van der Waals surface area contributed by atoms with E-state index in [-0.39, 0.29) is 5.56 Å². The van der Waals surface area contributed by atoms with E-state index in [0.29, 0.717) is 35.9 Å². The largest absolute Gasteiger partial charge is 0.292 e. The number of halogens is 1. The van der Waals surface area contributed by atoms with Gasteiger partial charge in [0.1, 0.15) is 11.0 Å². The van der Waals surface area contributed by atoms with Crippen molar-refractivity contribution >= 4 is 11.6 Å². The molecule has 2 heterocycles. The monoisotopic (exact) mass is 524 g/mol. The molecule has 0 fully saturated rings. The average Bonchev–Trinajstić information content (AvgIpc) is 3.49. The Morgan fingerprint density at radius 3 is 2.29 bits per heavy atom.